The Hall–Kier alpha value is -3.64. The Balaban J connectivity index is 1.69. The molecular weight excluding hydrogens is 346 g/mol. The maximum absolute atomic E-state index is 12.9. The molecule has 0 atom stereocenters. The smallest absolute Gasteiger partial charge is 0.232 e. The third-order valence-corrected chi connectivity index (χ3v) is 4.40. The van der Waals surface area contributed by atoms with Gasteiger partial charge in [-0.2, -0.15) is 0 Å². The van der Waals surface area contributed by atoms with Crippen LogP contribution < -0.4 is 5.32 Å². The van der Waals surface area contributed by atoms with Gasteiger partial charge in [0.25, 0.3) is 0 Å². The second kappa shape index (κ2) is 9.34. The maximum atomic E-state index is 12.9. The first kappa shape index (κ1) is 19.1. The lowest BCUT2D eigenvalue weighted by molar-refractivity contribution is -0.121. The van der Waals surface area contributed by atoms with Gasteiger partial charge in [0, 0.05) is 11.1 Å². The quantitative estimate of drug-likeness (QED) is 0.543. The zero-order valence-corrected chi connectivity index (χ0v) is 15.7. The highest BCUT2D eigenvalue weighted by Gasteiger charge is 2.21. The number of nitrogens with one attached hydrogen (secondary N) is 1. The van der Waals surface area contributed by atoms with Gasteiger partial charge < -0.3 is 5.32 Å². The van der Waals surface area contributed by atoms with Crippen LogP contribution in [0.3, 0.4) is 0 Å². The lowest BCUT2D eigenvalue weighted by Crippen LogP contribution is -2.30. The van der Waals surface area contributed by atoms with Crippen LogP contribution in [0.25, 0.3) is 0 Å². The minimum absolute atomic E-state index is 0.0274. The molecule has 1 amide bonds. The van der Waals surface area contributed by atoms with Crippen molar-refractivity contribution in [3.8, 4) is 11.8 Å². The summed E-state index contributed by atoms with van der Waals surface area (Å²) in [6, 6.07) is 26.6. The molecule has 0 unspecified atom stereocenters. The van der Waals surface area contributed by atoms with Gasteiger partial charge in [-0.05, 0) is 30.2 Å². The van der Waals surface area contributed by atoms with Gasteiger partial charge in [-0.1, -0.05) is 84.6 Å². The molecule has 0 aliphatic rings. The zero-order chi connectivity index (χ0) is 19.8. The first-order chi connectivity index (χ1) is 13.6. The maximum Gasteiger partial charge on any atom is 0.232 e. The SMILES string of the molecule is CC(=O)c1ccc(C#CCNC(=O)C(c2ccccc2)c2ccccc2)cc1. The molecule has 0 radical (unpaired) electrons. The first-order valence-electron chi connectivity index (χ1n) is 9.12. The highest BCUT2D eigenvalue weighted by molar-refractivity contribution is 5.94. The van der Waals surface area contributed by atoms with Gasteiger partial charge in [-0.25, -0.2) is 0 Å². The van der Waals surface area contributed by atoms with E-state index in [1.807, 2.05) is 72.8 Å². The van der Waals surface area contributed by atoms with Gasteiger partial charge in [0.05, 0.1) is 12.5 Å². The molecule has 3 nitrogen and oxygen atoms in total. The molecule has 0 heterocycles. The Morgan fingerprint density at radius 3 is 1.86 bits per heavy atom. The molecule has 3 aromatic rings. The van der Waals surface area contributed by atoms with E-state index in [-0.39, 0.29) is 24.2 Å². The molecule has 138 valence electrons. The van der Waals surface area contributed by atoms with Crippen LogP contribution in [-0.4, -0.2) is 18.2 Å². The molecule has 0 spiro atoms. The summed E-state index contributed by atoms with van der Waals surface area (Å²) < 4.78 is 0. The minimum Gasteiger partial charge on any atom is -0.344 e. The molecule has 0 bridgehead atoms. The number of ketones is 1. The summed E-state index contributed by atoms with van der Waals surface area (Å²) in [7, 11) is 0. The second-order valence-electron chi connectivity index (χ2n) is 6.41. The van der Waals surface area contributed by atoms with Crippen LogP contribution >= 0.6 is 0 Å². The van der Waals surface area contributed by atoms with E-state index >= 15 is 0 Å². The standard InChI is InChI=1S/C25H21NO2/c1-19(27)21-16-14-20(15-17-21)9-8-18-26-25(28)24(22-10-4-2-5-11-22)23-12-6-3-7-13-23/h2-7,10-17,24H,18H2,1H3,(H,26,28). The third kappa shape index (κ3) is 4.96. The number of carbonyl (C=O) groups is 2. The largest absolute Gasteiger partial charge is 0.344 e. The van der Waals surface area contributed by atoms with Gasteiger partial charge in [0.2, 0.25) is 5.91 Å². The summed E-state index contributed by atoms with van der Waals surface area (Å²) in [5.74, 6) is 5.55. The summed E-state index contributed by atoms with van der Waals surface area (Å²) in [5, 5.41) is 2.91. The van der Waals surface area contributed by atoms with Gasteiger partial charge >= 0.3 is 0 Å². The fourth-order valence-electron chi connectivity index (χ4n) is 2.95. The minimum atomic E-state index is -0.376. The fourth-order valence-corrected chi connectivity index (χ4v) is 2.95. The number of hydrogen-bond donors (Lipinski definition) is 1. The third-order valence-electron chi connectivity index (χ3n) is 4.40. The van der Waals surface area contributed by atoms with Gasteiger partial charge in [0.15, 0.2) is 5.78 Å². The molecular formula is C25H21NO2. The van der Waals surface area contributed by atoms with Crippen LogP contribution in [-0.2, 0) is 4.79 Å². The molecule has 3 aromatic carbocycles. The van der Waals surface area contributed by atoms with E-state index in [4.69, 9.17) is 0 Å². The van der Waals surface area contributed by atoms with Crippen molar-refractivity contribution < 1.29 is 9.59 Å². The van der Waals surface area contributed by atoms with Crippen molar-refractivity contribution in [3.05, 3.63) is 107 Å². The molecule has 0 fully saturated rings. The average Bonchev–Trinajstić information content (AvgIpc) is 2.73. The number of amides is 1. The average molecular weight is 367 g/mol. The van der Waals surface area contributed by atoms with Crippen LogP contribution in [0.15, 0.2) is 84.9 Å². The van der Waals surface area contributed by atoms with Crippen LogP contribution in [0.1, 0.15) is 39.9 Å². The normalized spacial score (nSPS) is 10.1. The number of rotatable bonds is 5. The molecule has 3 heteroatoms. The van der Waals surface area contributed by atoms with E-state index in [9.17, 15) is 9.59 Å². The van der Waals surface area contributed by atoms with Gasteiger partial charge in [-0.15, -0.1) is 0 Å². The Kier molecular flexibility index (Phi) is 6.38. The van der Waals surface area contributed by atoms with Crippen LogP contribution in [0.5, 0.6) is 0 Å². The van der Waals surface area contributed by atoms with Crippen molar-refractivity contribution in [1.29, 1.82) is 0 Å². The monoisotopic (exact) mass is 367 g/mol. The number of Topliss-reactive ketones (excluding diaryl/α,β-unsaturated/α-hetero) is 1. The Labute approximate surface area is 165 Å². The molecule has 28 heavy (non-hydrogen) atoms. The van der Waals surface area contributed by atoms with Crippen molar-refractivity contribution in [2.24, 2.45) is 0 Å². The molecule has 0 aromatic heterocycles. The van der Waals surface area contributed by atoms with E-state index in [0.29, 0.717) is 5.56 Å². The summed E-state index contributed by atoms with van der Waals surface area (Å²) in [5.41, 5.74) is 3.35. The Morgan fingerprint density at radius 2 is 1.36 bits per heavy atom. The summed E-state index contributed by atoms with van der Waals surface area (Å²) in [6.45, 7) is 1.79. The summed E-state index contributed by atoms with van der Waals surface area (Å²) in [4.78, 5) is 24.2. The lowest BCUT2D eigenvalue weighted by atomic mass is 9.90. The molecule has 0 aliphatic carbocycles. The van der Waals surface area contributed by atoms with E-state index in [0.717, 1.165) is 16.7 Å². The highest BCUT2D eigenvalue weighted by atomic mass is 16.1. The van der Waals surface area contributed by atoms with Crippen LogP contribution in [0.4, 0.5) is 0 Å². The van der Waals surface area contributed by atoms with Crippen LogP contribution in [0.2, 0.25) is 0 Å². The molecule has 1 N–H and O–H groups in total. The molecule has 0 aliphatic heterocycles. The van der Waals surface area contributed by atoms with Crippen molar-refractivity contribution in [2.75, 3.05) is 6.54 Å². The van der Waals surface area contributed by atoms with Crippen LogP contribution in [0, 0.1) is 11.8 Å². The highest BCUT2D eigenvalue weighted by Crippen LogP contribution is 2.24. The van der Waals surface area contributed by atoms with Gasteiger partial charge in [-0.3, -0.25) is 9.59 Å². The zero-order valence-electron chi connectivity index (χ0n) is 15.7. The molecule has 3 rings (SSSR count). The van der Waals surface area contributed by atoms with E-state index < -0.39 is 0 Å². The van der Waals surface area contributed by atoms with E-state index in [1.165, 1.54) is 6.92 Å². The van der Waals surface area contributed by atoms with Gasteiger partial charge in [0.1, 0.15) is 0 Å². The van der Waals surface area contributed by atoms with Crippen molar-refractivity contribution >= 4 is 11.7 Å². The van der Waals surface area contributed by atoms with E-state index in [2.05, 4.69) is 17.2 Å². The first-order valence-corrected chi connectivity index (χ1v) is 9.12. The topological polar surface area (TPSA) is 46.2 Å². The Morgan fingerprint density at radius 1 is 0.821 bits per heavy atom. The van der Waals surface area contributed by atoms with E-state index in [1.54, 1.807) is 12.1 Å². The Bertz CT molecular complexity index is 958. The molecule has 0 saturated heterocycles. The predicted octanol–water partition coefficient (Wildman–Crippen LogP) is 4.19. The number of hydrogen-bond acceptors (Lipinski definition) is 2. The van der Waals surface area contributed by atoms with Crippen molar-refractivity contribution in [1.82, 2.24) is 5.32 Å². The number of benzene rings is 3. The second-order valence-corrected chi connectivity index (χ2v) is 6.41. The predicted molar refractivity (Wildman–Crippen MR) is 111 cm³/mol. The molecule has 0 saturated carbocycles. The fraction of sp³-hybridized carbons (Fsp3) is 0.120. The summed E-state index contributed by atoms with van der Waals surface area (Å²) in [6.07, 6.45) is 0. The summed E-state index contributed by atoms with van der Waals surface area (Å²) >= 11 is 0. The van der Waals surface area contributed by atoms with Crippen molar-refractivity contribution in [3.63, 3.8) is 0 Å². The van der Waals surface area contributed by atoms with Crippen molar-refractivity contribution in [2.45, 2.75) is 12.8 Å². The number of carbonyl (C=O) groups excluding carboxylic acids is 2. The lowest BCUT2D eigenvalue weighted by Gasteiger charge is -2.17.